The minimum absolute atomic E-state index is 0. The van der Waals surface area contributed by atoms with E-state index in [1.807, 2.05) is 37.3 Å². The topological polar surface area (TPSA) is 38.7 Å². The first-order valence-electron chi connectivity index (χ1n) is 11.6. The minimum atomic E-state index is -2.38. The van der Waals surface area contributed by atoms with Crippen molar-refractivity contribution in [1.29, 1.82) is 0 Å². The summed E-state index contributed by atoms with van der Waals surface area (Å²) in [7, 11) is -4.37. The number of rotatable bonds is 9. The molecule has 0 aromatic heterocycles. The number of phenolic OH excluding ortho intramolecular Hbond substituents is 1. The lowest BCUT2D eigenvalue weighted by molar-refractivity contribution is -0.00000910. The van der Waals surface area contributed by atoms with Crippen molar-refractivity contribution in [3.63, 3.8) is 0 Å². The minimum Gasteiger partial charge on any atom is -1.00 e. The molecule has 0 radical (unpaired) electrons. The molecule has 0 aliphatic carbocycles. The lowest BCUT2D eigenvalue weighted by Crippen LogP contribution is -3.00. The van der Waals surface area contributed by atoms with Gasteiger partial charge in [0, 0.05) is 12.7 Å². The van der Waals surface area contributed by atoms with Crippen molar-refractivity contribution in [1.82, 2.24) is 0 Å². The normalized spacial score (nSPS) is 11.5. The van der Waals surface area contributed by atoms with Crippen LogP contribution in [0.4, 0.5) is 0 Å². The van der Waals surface area contributed by atoms with Gasteiger partial charge in [-0.1, -0.05) is 54.6 Å². The molecule has 0 bridgehead atoms. The lowest BCUT2D eigenvalue weighted by Gasteiger charge is -2.30. The zero-order valence-corrected chi connectivity index (χ0v) is 23.9. The predicted molar refractivity (Wildman–Crippen MR) is 147 cm³/mol. The highest BCUT2D eigenvalue weighted by atomic mass is 79.9. The van der Waals surface area contributed by atoms with Gasteiger partial charge in [0.1, 0.15) is 35.2 Å². The van der Waals surface area contributed by atoms with Crippen molar-refractivity contribution in [2.45, 2.75) is 20.0 Å². The molecule has 1 N–H and O–H groups in total. The third-order valence-electron chi connectivity index (χ3n) is 5.84. The van der Waals surface area contributed by atoms with Gasteiger partial charge in [0.2, 0.25) is 8.32 Å². The van der Waals surface area contributed by atoms with Gasteiger partial charge in [-0.15, -0.1) is 0 Å². The Morgan fingerprint density at radius 3 is 1.60 bits per heavy atom. The van der Waals surface area contributed by atoms with Crippen LogP contribution < -0.4 is 42.9 Å². The second kappa shape index (κ2) is 12.0. The van der Waals surface area contributed by atoms with Gasteiger partial charge in [-0.2, -0.15) is 0 Å². The van der Waals surface area contributed by atoms with Crippen LogP contribution >= 0.6 is 7.26 Å². The number of aromatic hydroxyl groups is 1. The van der Waals surface area contributed by atoms with Crippen molar-refractivity contribution in [3.8, 4) is 11.5 Å². The molecule has 0 aliphatic rings. The molecule has 182 valence electrons. The maximum atomic E-state index is 10.7. The van der Waals surface area contributed by atoms with Gasteiger partial charge in [-0.25, -0.2) is 0 Å². The van der Waals surface area contributed by atoms with Crippen LogP contribution in [0, 0.1) is 0 Å². The summed E-state index contributed by atoms with van der Waals surface area (Å²) in [6.45, 7) is 7.05. The SMILES string of the molecule is CCO[Si](C)(C)COc1ccc(O)cc1[P+](c1ccccc1)(c1ccccc1)c1ccccc1.[Br-]. The number of phenols is 1. The van der Waals surface area contributed by atoms with E-state index in [1.54, 1.807) is 6.07 Å². The second-order valence-electron chi connectivity index (χ2n) is 8.81. The van der Waals surface area contributed by atoms with Gasteiger partial charge >= 0.3 is 0 Å². The predicted octanol–water partition coefficient (Wildman–Crippen LogP) is 2.18. The van der Waals surface area contributed by atoms with Gasteiger partial charge in [0.05, 0.1) is 0 Å². The standard InChI is InChI=1S/C29H31O3PSi.BrH/c1-4-32-34(2,3)23-31-28-21-20-24(30)22-29(28)33(25-14-8-5-9-15-25,26-16-10-6-11-17-26)27-18-12-7-13-19-27;/h5-22H,4,23H2,1-3H3;1H. The van der Waals surface area contributed by atoms with E-state index < -0.39 is 15.6 Å². The smallest absolute Gasteiger partial charge is 0.224 e. The van der Waals surface area contributed by atoms with Crippen LogP contribution in [0.25, 0.3) is 0 Å². The Labute approximate surface area is 221 Å². The summed E-state index contributed by atoms with van der Waals surface area (Å²) in [5.74, 6) is 1.03. The van der Waals surface area contributed by atoms with E-state index in [1.165, 1.54) is 15.9 Å². The van der Waals surface area contributed by atoms with Crippen molar-refractivity contribution < 1.29 is 31.3 Å². The second-order valence-corrected chi connectivity index (χ2v) is 16.3. The Morgan fingerprint density at radius 2 is 1.17 bits per heavy atom. The van der Waals surface area contributed by atoms with Crippen LogP contribution in [-0.2, 0) is 4.43 Å². The molecule has 4 aromatic rings. The monoisotopic (exact) mass is 566 g/mol. The van der Waals surface area contributed by atoms with E-state index in [4.69, 9.17) is 9.16 Å². The third-order valence-corrected chi connectivity index (χ3v) is 12.0. The van der Waals surface area contributed by atoms with Gasteiger partial charge in [0.25, 0.3) is 0 Å². The number of ether oxygens (including phenoxy) is 1. The van der Waals surface area contributed by atoms with E-state index >= 15 is 0 Å². The molecule has 0 saturated carbocycles. The molecule has 0 aliphatic heterocycles. The molecule has 0 unspecified atom stereocenters. The van der Waals surface area contributed by atoms with Crippen molar-refractivity contribution in [2.24, 2.45) is 0 Å². The fraction of sp³-hybridized carbons (Fsp3) is 0.172. The average molecular weight is 568 g/mol. The number of benzene rings is 4. The quantitative estimate of drug-likeness (QED) is 0.249. The third kappa shape index (κ3) is 5.87. The first kappa shape index (κ1) is 27.2. The molecule has 4 aromatic carbocycles. The molecule has 35 heavy (non-hydrogen) atoms. The van der Waals surface area contributed by atoms with Crippen LogP contribution in [0.3, 0.4) is 0 Å². The molecule has 0 atom stereocenters. The van der Waals surface area contributed by atoms with Gasteiger partial charge in [0.15, 0.2) is 11.1 Å². The summed E-state index contributed by atoms with van der Waals surface area (Å²) in [5, 5.41) is 15.3. The van der Waals surface area contributed by atoms with Crippen molar-refractivity contribution >= 4 is 36.8 Å². The zero-order valence-electron chi connectivity index (χ0n) is 20.4. The Morgan fingerprint density at radius 1 is 0.714 bits per heavy atom. The largest absolute Gasteiger partial charge is 1.00 e. The number of halogens is 1. The first-order chi connectivity index (χ1) is 16.5. The molecule has 0 amide bonds. The Balaban J connectivity index is 0.00000342. The number of hydrogen-bond acceptors (Lipinski definition) is 3. The van der Waals surface area contributed by atoms with Crippen LogP contribution in [0.1, 0.15) is 6.92 Å². The molecule has 0 fully saturated rings. The first-order valence-corrected chi connectivity index (χ1v) is 16.5. The maximum Gasteiger partial charge on any atom is 0.224 e. The molecule has 0 spiro atoms. The van der Waals surface area contributed by atoms with E-state index in [9.17, 15) is 5.11 Å². The van der Waals surface area contributed by atoms with Gasteiger partial charge < -0.3 is 31.3 Å². The zero-order chi connectivity index (χ0) is 24.0. The van der Waals surface area contributed by atoms with Crippen LogP contribution in [0.5, 0.6) is 11.5 Å². The van der Waals surface area contributed by atoms with E-state index in [2.05, 4.69) is 85.9 Å². The fourth-order valence-electron chi connectivity index (χ4n) is 4.39. The summed E-state index contributed by atoms with van der Waals surface area (Å²) in [6, 6.07) is 37.3. The van der Waals surface area contributed by atoms with Crippen LogP contribution in [0.2, 0.25) is 13.1 Å². The van der Waals surface area contributed by atoms with Crippen LogP contribution in [0.15, 0.2) is 109 Å². The molecule has 4 rings (SSSR count). The van der Waals surface area contributed by atoms with Crippen molar-refractivity contribution in [2.75, 3.05) is 12.8 Å². The van der Waals surface area contributed by atoms with E-state index in [0.717, 1.165) is 11.1 Å². The maximum absolute atomic E-state index is 10.7. The van der Waals surface area contributed by atoms with E-state index in [-0.39, 0.29) is 22.7 Å². The summed E-state index contributed by atoms with van der Waals surface area (Å²) in [4.78, 5) is 0. The molecule has 3 nitrogen and oxygen atoms in total. The van der Waals surface area contributed by atoms with E-state index in [0.29, 0.717) is 12.8 Å². The summed E-state index contributed by atoms with van der Waals surface area (Å²) in [6.07, 6.45) is 0.539. The highest BCUT2D eigenvalue weighted by Gasteiger charge is 2.50. The fourth-order valence-corrected chi connectivity index (χ4v) is 10.1. The highest BCUT2D eigenvalue weighted by Crippen LogP contribution is 2.56. The molecule has 0 heterocycles. The average Bonchev–Trinajstić information content (AvgIpc) is 2.86. The molecule has 0 saturated heterocycles. The highest BCUT2D eigenvalue weighted by molar-refractivity contribution is 8.01. The lowest BCUT2D eigenvalue weighted by atomic mass is 10.3. The van der Waals surface area contributed by atoms with Gasteiger partial charge in [-0.05, 0) is 68.5 Å². The molecular formula is C29H32BrO3PSi. The summed E-state index contributed by atoms with van der Waals surface area (Å²) >= 11 is 0. The summed E-state index contributed by atoms with van der Waals surface area (Å²) in [5.41, 5.74) is 0. The van der Waals surface area contributed by atoms with Crippen LogP contribution in [-0.4, -0.2) is 26.3 Å². The number of hydrogen-bond donors (Lipinski definition) is 1. The molecule has 6 heteroatoms. The molecular weight excluding hydrogens is 535 g/mol. The van der Waals surface area contributed by atoms with Gasteiger partial charge in [-0.3, -0.25) is 0 Å². The Kier molecular flexibility index (Phi) is 9.32. The van der Waals surface area contributed by atoms with Crippen molar-refractivity contribution in [3.05, 3.63) is 109 Å². The Hall–Kier alpha value is -2.43. The summed E-state index contributed by atoms with van der Waals surface area (Å²) < 4.78 is 12.6. The Bertz CT molecular complexity index is 1110.